The number of rotatable bonds is 4. The number of methoxy groups -OCH3 is 1. The van der Waals surface area contributed by atoms with Crippen LogP contribution >= 0.6 is 34.3 Å². The molecule has 0 saturated carbocycles. The molecule has 0 saturated heterocycles. The van der Waals surface area contributed by atoms with Crippen molar-refractivity contribution in [2.75, 3.05) is 7.11 Å². The third-order valence-corrected chi connectivity index (χ3v) is 5.60. The Morgan fingerprint density at radius 1 is 1.30 bits per heavy atom. The van der Waals surface area contributed by atoms with E-state index in [0.29, 0.717) is 14.0 Å². The predicted molar refractivity (Wildman–Crippen MR) is 95.9 cm³/mol. The third kappa shape index (κ3) is 3.34. The van der Waals surface area contributed by atoms with E-state index in [4.69, 9.17) is 16.3 Å². The maximum Gasteiger partial charge on any atom is 0.289 e. The van der Waals surface area contributed by atoms with Crippen molar-refractivity contribution in [1.29, 1.82) is 0 Å². The number of nitrogens with zero attached hydrogens (tertiary/aromatic N) is 2. The van der Waals surface area contributed by atoms with Gasteiger partial charge in [-0.15, -0.1) is 11.3 Å². The SMILES string of the molecule is CCCn1c(=NC(=O)c2ccc(Cl)s2)sc2ccc(OC)cc21. The van der Waals surface area contributed by atoms with Crippen LogP contribution in [0.1, 0.15) is 23.0 Å². The van der Waals surface area contributed by atoms with Crippen molar-refractivity contribution in [2.45, 2.75) is 19.9 Å². The molecule has 0 aliphatic rings. The van der Waals surface area contributed by atoms with Gasteiger partial charge in [0.15, 0.2) is 4.80 Å². The summed E-state index contributed by atoms with van der Waals surface area (Å²) in [5.41, 5.74) is 1.03. The van der Waals surface area contributed by atoms with E-state index in [1.165, 1.54) is 22.7 Å². The summed E-state index contributed by atoms with van der Waals surface area (Å²) in [4.78, 5) is 17.9. The van der Waals surface area contributed by atoms with Crippen LogP contribution in [0.4, 0.5) is 0 Å². The molecule has 2 heterocycles. The van der Waals surface area contributed by atoms with Gasteiger partial charge in [-0.1, -0.05) is 29.9 Å². The van der Waals surface area contributed by atoms with Gasteiger partial charge in [-0.2, -0.15) is 4.99 Å². The quantitative estimate of drug-likeness (QED) is 0.678. The summed E-state index contributed by atoms with van der Waals surface area (Å²) in [6.07, 6.45) is 0.954. The van der Waals surface area contributed by atoms with Crippen LogP contribution in [0.5, 0.6) is 5.75 Å². The number of hydrogen-bond donors (Lipinski definition) is 0. The minimum atomic E-state index is -0.259. The number of benzene rings is 1. The average molecular weight is 367 g/mol. The molecule has 120 valence electrons. The van der Waals surface area contributed by atoms with E-state index >= 15 is 0 Å². The summed E-state index contributed by atoms with van der Waals surface area (Å²) < 4.78 is 9.03. The fraction of sp³-hybridized carbons (Fsp3) is 0.250. The van der Waals surface area contributed by atoms with Crippen molar-refractivity contribution in [3.8, 4) is 5.75 Å². The summed E-state index contributed by atoms with van der Waals surface area (Å²) in [5, 5.41) is 0. The number of carbonyl (C=O) groups excluding carboxylic acids is 1. The van der Waals surface area contributed by atoms with Gasteiger partial charge >= 0.3 is 0 Å². The van der Waals surface area contributed by atoms with Crippen molar-refractivity contribution in [3.05, 3.63) is 44.3 Å². The minimum Gasteiger partial charge on any atom is -0.497 e. The van der Waals surface area contributed by atoms with E-state index in [-0.39, 0.29) is 5.91 Å². The first kappa shape index (κ1) is 16.2. The molecule has 23 heavy (non-hydrogen) atoms. The summed E-state index contributed by atoms with van der Waals surface area (Å²) in [6, 6.07) is 9.31. The monoisotopic (exact) mass is 366 g/mol. The van der Waals surface area contributed by atoms with Crippen LogP contribution in [0.2, 0.25) is 4.34 Å². The molecule has 0 aliphatic heterocycles. The molecule has 0 aliphatic carbocycles. The molecule has 4 nitrogen and oxygen atoms in total. The second kappa shape index (κ2) is 6.86. The van der Waals surface area contributed by atoms with Gasteiger partial charge in [0, 0.05) is 12.6 Å². The van der Waals surface area contributed by atoms with E-state index in [1.54, 1.807) is 19.2 Å². The molecule has 1 amide bonds. The highest BCUT2D eigenvalue weighted by molar-refractivity contribution is 7.18. The zero-order chi connectivity index (χ0) is 16.4. The maximum absolute atomic E-state index is 12.3. The van der Waals surface area contributed by atoms with Gasteiger partial charge in [0.2, 0.25) is 0 Å². The van der Waals surface area contributed by atoms with Crippen LogP contribution in [-0.4, -0.2) is 17.6 Å². The molecule has 2 aromatic heterocycles. The summed E-state index contributed by atoms with van der Waals surface area (Å²) >= 11 is 8.64. The first-order valence-electron chi connectivity index (χ1n) is 7.14. The second-order valence-corrected chi connectivity index (χ2v) is 7.61. The molecule has 0 radical (unpaired) electrons. The van der Waals surface area contributed by atoms with Crippen molar-refractivity contribution < 1.29 is 9.53 Å². The standard InChI is InChI=1S/C16H15ClN2O2S2/c1-3-8-19-11-9-10(21-2)4-5-12(11)23-16(19)18-15(20)13-6-7-14(17)22-13/h4-7,9H,3,8H2,1-2H3. The Balaban J connectivity index is 2.13. The van der Waals surface area contributed by atoms with Gasteiger partial charge in [0.05, 0.1) is 26.5 Å². The molecular weight excluding hydrogens is 352 g/mol. The number of thiazole rings is 1. The lowest BCUT2D eigenvalue weighted by Gasteiger charge is -2.04. The van der Waals surface area contributed by atoms with Crippen LogP contribution in [0.25, 0.3) is 10.2 Å². The minimum absolute atomic E-state index is 0.259. The van der Waals surface area contributed by atoms with Crippen LogP contribution in [-0.2, 0) is 6.54 Å². The third-order valence-electron chi connectivity index (χ3n) is 3.32. The molecule has 0 atom stereocenters. The zero-order valence-corrected chi connectivity index (χ0v) is 15.1. The number of aryl methyl sites for hydroxylation is 1. The number of carbonyl (C=O) groups is 1. The highest BCUT2D eigenvalue weighted by atomic mass is 35.5. The Morgan fingerprint density at radius 2 is 2.13 bits per heavy atom. The van der Waals surface area contributed by atoms with E-state index in [2.05, 4.69) is 16.5 Å². The van der Waals surface area contributed by atoms with Crippen LogP contribution in [0.15, 0.2) is 35.3 Å². The van der Waals surface area contributed by atoms with E-state index in [1.807, 2.05) is 18.2 Å². The van der Waals surface area contributed by atoms with E-state index in [9.17, 15) is 4.79 Å². The smallest absolute Gasteiger partial charge is 0.289 e. The lowest BCUT2D eigenvalue weighted by atomic mass is 10.3. The van der Waals surface area contributed by atoms with Crippen LogP contribution in [0.3, 0.4) is 0 Å². The molecule has 0 unspecified atom stereocenters. The lowest BCUT2D eigenvalue weighted by molar-refractivity contribution is 0.100. The van der Waals surface area contributed by atoms with Gasteiger partial charge in [0.1, 0.15) is 5.75 Å². The van der Waals surface area contributed by atoms with E-state index < -0.39 is 0 Å². The summed E-state index contributed by atoms with van der Waals surface area (Å²) in [6.45, 7) is 2.89. The average Bonchev–Trinajstić information content (AvgIpc) is 3.12. The van der Waals surface area contributed by atoms with Gasteiger partial charge in [-0.3, -0.25) is 4.79 Å². The first-order valence-corrected chi connectivity index (χ1v) is 9.15. The van der Waals surface area contributed by atoms with Gasteiger partial charge in [0.25, 0.3) is 5.91 Å². The number of amides is 1. The molecule has 0 spiro atoms. The number of hydrogen-bond acceptors (Lipinski definition) is 4. The topological polar surface area (TPSA) is 43.6 Å². The zero-order valence-electron chi connectivity index (χ0n) is 12.7. The molecule has 7 heteroatoms. The Labute approximate surface area is 146 Å². The number of fused-ring (bicyclic) bond motifs is 1. The molecular formula is C16H15ClN2O2S2. The van der Waals surface area contributed by atoms with Crippen molar-refractivity contribution >= 4 is 50.4 Å². The largest absolute Gasteiger partial charge is 0.497 e. The van der Waals surface area contributed by atoms with Gasteiger partial charge in [-0.05, 0) is 30.7 Å². The van der Waals surface area contributed by atoms with Crippen molar-refractivity contribution in [3.63, 3.8) is 0 Å². The van der Waals surface area contributed by atoms with Crippen molar-refractivity contribution in [1.82, 2.24) is 4.57 Å². The first-order chi connectivity index (χ1) is 11.1. The maximum atomic E-state index is 12.3. The Kier molecular flexibility index (Phi) is 4.84. The molecule has 0 bridgehead atoms. The van der Waals surface area contributed by atoms with Gasteiger partial charge < -0.3 is 9.30 Å². The van der Waals surface area contributed by atoms with Gasteiger partial charge in [-0.25, -0.2) is 0 Å². The molecule has 0 fully saturated rings. The fourth-order valence-corrected chi connectivity index (χ4v) is 4.23. The Morgan fingerprint density at radius 3 is 2.78 bits per heavy atom. The normalized spacial score (nSPS) is 12.0. The molecule has 3 rings (SSSR count). The number of halogens is 1. The highest BCUT2D eigenvalue weighted by Gasteiger charge is 2.11. The van der Waals surface area contributed by atoms with Crippen LogP contribution in [0, 0.1) is 0 Å². The highest BCUT2D eigenvalue weighted by Crippen LogP contribution is 2.24. The molecule has 1 aromatic carbocycles. The number of thiophene rings is 1. The number of aromatic nitrogens is 1. The predicted octanol–water partition coefficient (Wildman–Crippen LogP) is 4.58. The second-order valence-electron chi connectivity index (χ2n) is 4.89. The molecule has 3 aromatic rings. The van der Waals surface area contributed by atoms with Crippen LogP contribution < -0.4 is 9.54 Å². The fourth-order valence-electron chi connectivity index (χ4n) is 2.27. The lowest BCUT2D eigenvalue weighted by Crippen LogP contribution is -2.16. The number of ether oxygens (including phenoxy) is 1. The van der Waals surface area contributed by atoms with E-state index in [0.717, 1.165) is 28.9 Å². The summed E-state index contributed by atoms with van der Waals surface area (Å²) in [7, 11) is 1.65. The Bertz CT molecular complexity index is 924. The van der Waals surface area contributed by atoms with Crippen molar-refractivity contribution in [2.24, 2.45) is 4.99 Å². The Hall–Kier alpha value is -1.63. The summed E-state index contributed by atoms with van der Waals surface area (Å²) in [5.74, 6) is 0.536. The molecule has 0 N–H and O–H groups in total.